The van der Waals surface area contributed by atoms with Crippen molar-refractivity contribution >= 4 is 8.53 Å². The van der Waals surface area contributed by atoms with E-state index >= 15 is 0 Å². The zero-order valence-corrected chi connectivity index (χ0v) is 12.2. The normalized spacial score (nSPS) is 24.8. The second kappa shape index (κ2) is 7.76. The summed E-state index contributed by atoms with van der Waals surface area (Å²) in [6.07, 6.45) is -0.0325. The highest BCUT2D eigenvalue weighted by molar-refractivity contribution is 7.42. The maximum Gasteiger partial charge on any atom is 0.330 e. The van der Waals surface area contributed by atoms with Gasteiger partial charge in [0.05, 0.1) is 12.2 Å². The third-order valence-electron chi connectivity index (χ3n) is 2.89. The fourth-order valence-corrected chi connectivity index (χ4v) is 1.90. The first kappa shape index (κ1) is 17.9. The zero-order valence-electron chi connectivity index (χ0n) is 11.3. The van der Waals surface area contributed by atoms with E-state index in [9.17, 15) is 14.7 Å². The Morgan fingerprint density at radius 2 is 2.10 bits per heavy atom. The van der Waals surface area contributed by atoms with Crippen LogP contribution in [0.2, 0.25) is 0 Å². The van der Waals surface area contributed by atoms with Crippen LogP contribution in [0.15, 0.2) is 15.8 Å². The first-order chi connectivity index (χ1) is 9.76. The highest BCUT2D eigenvalue weighted by atomic mass is 31.2. The van der Waals surface area contributed by atoms with Gasteiger partial charge in [-0.2, -0.15) is 0 Å². The maximum atomic E-state index is 11.6. The SMILES string of the molecule is Cc1cn([C@H]2C[C@H](O)[C@@H](CN)O2)c(=O)[nH]c1=O.NP(O)O. The van der Waals surface area contributed by atoms with Crippen molar-refractivity contribution < 1.29 is 19.6 Å². The number of nitrogens with two attached hydrogens (primary N) is 2. The first-order valence-electron chi connectivity index (χ1n) is 6.04. The fourth-order valence-electron chi connectivity index (χ4n) is 1.90. The van der Waals surface area contributed by atoms with Gasteiger partial charge in [0, 0.05) is 24.7 Å². The van der Waals surface area contributed by atoms with E-state index in [-0.39, 0.29) is 13.0 Å². The van der Waals surface area contributed by atoms with Crippen LogP contribution in [0.1, 0.15) is 18.2 Å². The van der Waals surface area contributed by atoms with Crippen molar-refractivity contribution in [2.75, 3.05) is 6.54 Å². The summed E-state index contributed by atoms with van der Waals surface area (Å²) in [7, 11) is -2.12. The van der Waals surface area contributed by atoms with E-state index in [1.54, 1.807) is 6.92 Å². The number of aryl methyl sites for hydroxylation is 1. The number of nitrogens with zero attached hydrogens (tertiary/aromatic N) is 1. The van der Waals surface area contributed by atoms with Gasteiger partial charge in [-0.1, -0.05) is 0 Å². The van der Waals surface area contributed by atoms with Gasteiger partial charge < -0.3 is 25.4 Å². The molecule has 8 N–H and O–H groups in total. The molecule has 0 unspecified atom stereocenters. The Morgan fingerprint density at radius 3 is 2.57 bits per heavy atom. The molecule has 0 bridgehead atoms. The Kier molecular flexibility index (Phi) is 6.62. The van der Waals surface area contributed by atoms with E-state index in [0.717, 1.165) is 0 Å². The molecule has 2 heterocycles. The molecular formula is C10H19N4O6P. The number of H-pyrrole nitrogens is 1. The van der Waals surface area contributed by atoms with Gasteiger partial charge in [-0.05, 0) is 6.92 Å². The van der Waals surface area contributed by atoms with Gasteiger partial charge in [-0.3, -0.25) is 19.8 Å². The third kappa shape index (κ3) is 4.97. The van der Waals surface area contributed by atoms with Gasteiger partial charge in [0.1, 0.15) is 6.23 Å². The molecule has 10 nitrogen and oxygen atoms in total. The quantitative estimate of drug-likeness (QED) is 0.326. The molecular weight excluding hydrogens is 303 g/mol. The van der Waals surface area contributed by atoms with Crippen LogP contribution in [-0.4, -0.2) is 43.2 Å². The van der Waals surface area contributed by atoms with Crippen molar-refractivity contribution in [2.24, 2.45) is 11.2 Å². The minimum atomic E-state index is -2.12. The summed E-state index contributed by atoms with van der Waals surface area (Å²) in [4.78, 5) is 39.9. The van der Waals surface area contributed by atoms with E-state index in [1.165, 1.54) is 10.8 Å². The van der Waals surface area contributed by atoms with Crippen LogP contribution in [0.25, 0.3) is 0 Å². The van der Waals surface area contributed by atoms with Crippen molar-refractivity contribution in [1.82, 2.24) is 9.55 Å². The Bertz CT molecular complexity index is 571. The lowest BCUT2D eigenvalue weighted by molar-refractivity contribution is -0.0152. The molecule has 1 aliphatic rings. The van der Waals surface area contributed by atoms with Crippen LogP contribution in [0.3, 0.4) is 0 Å². The molecule has 3 atom stereocenters. The highest BCUT2D eigenvalue weighted by Crippen LogP contribution is 2.26. The van der Waals surface area contributed by atoms with Crippen LogP contribution in [0, 0.1) is 6.92 Å². The molecule has 1 aromatic heterocycles. The van der Waals surface area contributed by atoms with Gasteiger partial charge in [0.15, 0.2) is 0 Å². The lowest BCUT2D eigenvalue weighted by atomic mass is 10.2. The number of aliphatic hydroxyl groups excluding tert-OH is 1. The molecule has 0 saturated carbocycles. The van der Waals surface area contributed by atoms with Crippen molar-refractivity contribution in [3.63, 3.8) is 0 Å². The maximum absolute atomic E-state index is 11.6. The standard InChI is InChI=1S/C10H15N3O4.H4NO2P/c1-5-4-13(10(16)12-9(5)15)8-2-6(14)7(3-11)17-8;1-4(2)3/h4,6-8,14H,2-3,11H2,1H3,(H,12,15,16);2-3H,1H2/t6-,7+,8+;/m0./s1. The molecule has 0 amide bonds. The molecule has 11 heteroatoms. The number of aliphatic hydroxyl groups is 1. The lowest BCUT2D eigenvalue weighted by Crippen LogP contribution is -2.33. The number of hydrogen-bond donors (Lipinski definition) is 6. The van der Waals surface area contributed by atoms with Gasteiger partial charge in [-0.15, -0.1) is 0 Å². The summed E-state index contributed by atoms with van der Waals surface area (Å²) >= 11 is 0. The predicted octanol–water partition coefficient (Wildman–Crippen LogP) is -2.39. The third-order valence-corrected chi connectivity index (χ3v) is 2.89. The van der Waals surface area contributed by atoms with Gasteiger partial charge in [-0.25, -0.2) is 4.79 Å². The van der Waals surface area contributed by atoms with Gasteiger partial charge >= 0.3 is 5.69 Å². The topological polar surface area (TPSA) is 177 Å². The molecule has 2 rings (SSSR count). The molecule has 21 heavy (non-hydrogen) atoms. The number of rotatable bonds is 2. The van der Waals surface area contributed by atoms with Crippen LogP contribution >= 0.6 is 8.53 Å². The molecule has 0 radical (unpaired) electrons. The lowest BCUT2D eigenvalue weighted by Gasteiger charge is -2.14. The smallest absolute Gasteiger partial charge is 0.330 e. The summed E-state index contributed by atoms with van der Waals surface area (Å²) in [5.74, 6) is 0. The first-order valence-corrected chi connectivity index (χ1v) is 7.36. The highest BCUT2D eigenvalue weighted by Gasteiger charge is 2.34. The molecule has 0 aliphatic carbocycles. The van der Waals surface area contributed by atoms with Crippen molar-refractivity contribution in [1.29, 1.82) is 0 Å². The minimum Gasteiger partial charge on any atom is -0.390 e. The predicted molar refractivity (Wildman–Crippen MR) is 75.2 cm³/mol. The van der Waals surface area contributed by atoms with E-state index in [2.05, 4.69) is 10.5 Å². The molecule has 1 aromatic rings. The van der Waals surface area contributed by atoms with Crippen LogP contribution in [0.4, 0.5) is 0 Å². The van der Waals surface area contributed by atoms with E-state index in [4.69, 9.17) is 20.3 Å². The number of aromatic amines is 1. The van der Waals surface area contributed by atoms with Crippen molar-refractivity contribution in [3.05, 3.63) is 32.6 Å². The van der Waals surface area contributed by atoms with Crippen molar-refractivity contribution in [3.8, 4) is 0 Å². The van der Waals surface area contributed by atoms with Crippen LogP contribution in [-0.2, 0) is 4.74 Å². The minimum absolute atomic E-state index is 0.189. The Morgan fingerprint density at radius 1 is 1.52 bits per heavy atom. The number of ether oxygens (including phenoxy) is 1. The molecule has 1 saturated heterocycles. The average Bonchev–Trinajstić information content (AvgIpc) is 2.74. The Labute approximate surface area is 120 Å². The number of hydrogen-bond acceptors (Lipinski definition) is 8. The molecule has 0 spiro atoms. The number of nitrogens with one attached hydrogen (secondary N) is 1. The van der Waals surface area contributed by atoms with E-state index in [0.29, 0.717) is 5.56 Å². The van der Waals surface area contributed by atoms with E-state index in [1.807, 2.05) is 0 Å². The summed E-state index contributed by atoms with van der Waals surface area (Å²) < 4.78 is 6.72. The Balaban J connectivity index is 0.000000491. The largest absolute Gasteiger partial charge is 0.390 e. The molecule has 1 aliphatic heterocycles. The Hall–Kier alpha value is -1.13. The average molecular weight is 322 g/mol. The molecule has 0 aromatic carbocycles. The van der Waals surface area contributed by atoms with Crippen molar-refractivity contribution in [2.45, 2.75) is 31.8 Å². The van der Waals surface area contributed by atoms with Crippen LogP contribution < -0.4 is 22.5 Å². The second-order valence-corrected chi connectivity index (χ2v) is 5.11. The monoisotopic (exact) mass is 322 g/mol. The summed E-state index contributed by atoms with van der Waals surface area (Å²) in [6.45, 7) is 1.79. The number of aromatic nitrogens is 2. The summed E-state index contributed by atoms with van der Waals surface area (Å²) in [5, 5.41) is 9.64. The van der Waals surface area contributed by atoms with Gasteiger partial charge in [0.2, 0.25) is 8.53 Å². The fraction of sp³-hybridized carbons (Fsp3) is 0.600. The van der Waals surface area contributed by atoms with Gasteiger partial charge in [0.25, 0.3) is 5.56 Å². The second-order valence-electron chi connectivity index (χ2n) is 4.47. The molecule has 120 valence electrons. The summed E-state index contributed by atoms with van der Waals surface area (Å²) in [6, 6.07) is 0. The van der Waals surface area contributed by atoms with E-state index < -0.39 is 38.2 Å². The zero-order chi connectivity index (χ0) is 16.2. The summed E-state index contributed by atoms with van der Waals surface area (Å²) in [5.41, 5.74) is 9.17. The van der Waals surface area contributed by atoms with Crippen LogP contribution in [0.5, 0.6) is 0 Å². The molecule has 1 fully saturated rings.